The van der Waals surface area contributed by atoms with Gasteiger partial charge >= 0.3 is 5.97 Å². The van der Waals surface area contributed by atoms with Crippen LogP contribution in [0.2, 0.25) is 0 Å². The van der Waals surface area contributed by atoms with Gasteiger partial charge in [0.2, 0.25) is 15.9 Å². The number of ketones is 1. The molecule has 2 atom stereocenters. The molecule has 2 aromatic rings. The van der Waals surface area contributed by atoms with Gasteiger partial charge in [-0.3, -0.25) is 19.2 Å². The first-order chi connectivity index (χ1) is 18.3. The lowest BCUT2D eigenvalue weighted by Crippen LogP contribution is -2.62. The summed E-state index contributed by atoms with van der Waals surface area (Å²) in [5.41, 5.74) is 9.02. The molecule has 0 aliphatic carbocycles. The number of carboxylic acid groups (broad SMARTS) is 1. The summed E-state index contributed by atoms with van der Waals surface area (Å²) < 4.78 is 26.0. The van der Waals surface area contributed by atoms with Crippen LogP contribution in [-0.4, -0.2) is 71.3 Å². The van der Waals surface area contributed by atoms with Crippen LogP contribution in [-0.2, 0) is 35.7 Å². The van der Waals surface area contributed by atoms with Crippen molar-refractivity contribution in [2.24, 2.45) is 11.1 Å². The Bertz CT molecular complexity index is 1530. The van der Waals surface area contributed by atoms with E-state index in [1.807, 2.05) is 13.0 Å². The largest absolute Gasteiger partial charge is 0.477 e. The quantitative estimate of drug-likeness (QED) is 0.210. The highest BCUT2D eigenvalue weighted by Crippen LogP contribution is 2.46. The Labute approximate surface area is 233 Å². The molecule has 1 aromatic heterocycles. The van der Waals surface area contributed by atoms with Crippen LogP contribution in [0.4, 0.5) is 10.8 Å². The van der Waals surface area contributed by atoms with Gasteiger partial charge in [0.05, 0.1) is 23.2 Å². The lowest BCUT2D eigenvalue weighted by molar-refractivity contribution is -0.153. The molecular formula is C24H27N5O7S3. The smallest absolute Gasteiger partial charge is 0.352 e. The summed E-state index contributed by atoms with van der Waals surface area (Å²) in [7, 11) is -2.22. The van der Waals surface area contributed by atoms with Gasteiger partial charge in [0.25, 0.3) is 0 Å². The second-order valence-electron chi connectivity index (χ2n) is 9.24. The number of hydrogen-bond donors (Lipinski definition) is 3. The molecule has 39 heavy (non-hydrogen) atoms. The van der Waals surface area contributed by atoms with Crippen molar-refractivity contribution in [1.29, 1.82) is 0 Å². The summed E-state index contributed by atoms with van der Waals surface area (Å²) in [5, 5.41) is 15.1. The minimum atomic E-state index is -3.51. The first kappa shape index (κ1) is 28.6. The SMILES string of the molecule is CO/N=C(\C(=O)C[C@@H]1C(=O)N2C(C(=O)O)=C(Cc3cc(NS(C)(=O)=O)c(C)cc3C)CS[C@H]12)c1csc(N)n1. The van der Waals surface area contributed by atoms with Crippen molar-refractivity contribution < 1.29 is 32.7 Å². The predicted octanol–water partition coefficient (Wildman–Crippen LogP) is 2.14. The number of carbonyl (C=O) groups excluding carboxylic acids is 2. The number of fused-ring (bicyclic) bond motifs is 1. The molecule has 0 bridgehead atoms. The Morgan fingerprint density at radius 2 is 2.03 bits per heavy atom. The van der Waals surface area contributed by atoms with E-state index in [1.165, 1.54) is 23.8 Å². The van der Waals surface area contributed by atoms with Gasteiger partial charge in [0, 0.05) is 17.6 Å². The monoisotopic (exact) mass is 593 g/mol. The number of aliphatic carboxylic acids is 1. The van der Waals surface area contributed by atoms with Crippen LogP contribution < -0.4 is 10.5 Å². The molecule has 2 aliphatic rings. The molecule has 1 aromatic carbocycles. The van der Waals surface area contributed by atoms with Crippen LogP contribution in [0, 0.1) is 19.8 Å². The zero-order chi connectivity index (χ0) is 28.6. The number of nitrogens with two attached hydrogens (primary N) is 1. The number of oxime groups is 1. The molecule has 208 valence electrons. The average Bonchev–Trinajstić information content (AvgIpc) is 3.28. The van der Waals surface area contributed by atoms with Gasteiger partial charge in [0.1, 0.15) is 18.5 Å². The number of sulfonamides is 1. The molecule has 12 nitrogen and oxygen atoms in total. The summed E-state index contributed by atoms with van der Waals surface area (Å²) in [6.07, 6.45) is 1.09. The maximum Gasteiger partial charge on any atom is 0.352 e. The number of aromatic nitrogens is 1. The lowest BCUT2D eigenvalue weighted by atomic mass is 9.88. The van der Waals surface area contributed by atoms with E-state index in [9.17, 15) is 27.9 Å². The maximum atomic E-state index is 13.2. The number of Topliss-reactive ketones (excluding diaryl/α,β-unsaturated/α-hetero) is 1. The van der Waals surface area contributed by atoms with Crippen molar-refractivity contribution in [1.82, 2.24) is 9.88 Å². The molecule has 4 rings (SSSR count). The highest BCUT2D eigenvalue weighted by Gasteiger charge is 2.54. The van der Waals surface area contributed by atoms with E-state index in [0.717, 1.165) is 34.3 Å². The number of amides is 1. The summed E-state index contributed by atoms with van der Waals surface area (Å²) in [6, 6.07) is 3.52. The van der Waals surface area contributed by atoms with Crippen molar-refractivity contribution in [3.63, 3.8) is 0 Å². The molecule has 0 spiro atoms. The predicted molar refractivity (Wildman–Crippen MR) is 149 cm³/mol. The van der Waals surface area contributed by atoms with Gasteiger partial charge in [-0.2, -0.15) is 0 Å². The summed E-state index contributed by atoms with van der Waals surface area (Å²) in [4.78, 5) is 48.6. The van der Waals surface area contributed by atoms with Gasteiger partial charge < -0.3 is 15.7 Å². The Hall–Kier alpha value is -3.43. The van der Waals surface area contributed by atoms with E-state index in [-0.39, 0.29) is 35.1 Å². The maximum absolute atomic E-state index is 13.2. The van der Waals surface area contributed by atoms with Crippen LogP contribution in [0.3, 0.4) is 0 Å². The van der Waals surface area contributed by atoms with Crippen molar-refractivity contribution in [3.8, 4) is 0 Å². The van der Waals surface area contributed by atoms with Crippen molar-refractivity contribution in [3.05, 3.63) is 51.2 Å². The molecule has 0 unspecified atom stereocenters. The van der Waals surface area contributed by atoms with Crippen LogP contribution in [0.15, 0.2) is 33.9 Å². The summed E-state index contributed by atoms with van der Waals surface area (Å²) in [6.45, 7) is 3.64. The number of benzene rings is 1. The summed E-state index contributed by atoms with van der Waals surface area (Å²) >= 11 is 2.52. The Balaban J connectivity index is 1.58. The van der Waals surface area contributed by atoms with E-state index in [1.54, 1.807) is 18.4 Å². The third kappa shape index (κ3) is 5.94. The molecule has 4 N–H and O–H groups in total. The zero-order valence-corrected chi connectivity index (χ0v) is 24.0. The Morgan fingerprint density at radius 3 is 2.62 bits per heavy atom. The van der Waals surface area contributed by atoms with E-state index >= 15 is 0 Å². The third-order valence-electron chi connectivity index (χ3n) is 6.36. The normalized spacial score (nSPS) is 19.4. The molecule has 0 radical (unpaired) electrons. The first-order valence-corrected chi connectivity index (χ1v) is 15.5. The second-order valence-corrected chi connectivity index (χ2v) is 13.0. The number of carbonyl (C=O) groups is 3. The molecule has 1 amide bonds. The van der Waals surface area contributed by atoms with E-state index in [0.29, 0.717) is 17.0 Å². The number of nitrogen functional groups attached to an aromatic ring is 1. The average molecular weight is 594 g/mol. The lowest BCUT2D eigenvalue weighted by Gasteiger charge is -2.49. The highest BCUT2D eigenvalue weighted by molar-refractivity contribution is 8.00. The van der Waals surface area contributed by atoms with Crippen LogP contribution in [0.5, 0.6) is 0 Å². The fraction of sp³-hybridized carbons (Fsp3) is 0.375. The molecule has 2 aliphatic heterocycles. The molecule has 1 saturated heterocycles. The number of rotatable bonds is 10. The number of carboxylic acids is 1. The van der Waals surface area contributed by atoms with E-state index < -0.39 is 39.0 Å². The standard InChI is InChI=1S/C24H27N5O7S3/c1-11-5-12(2)16(28-39(4,34)35)7-13(11)6-14-9-37-22-15(21(31)29(22)20(14)23(32)33)8-18(30)19(27-36-3)17-10-38-24(25)26-17/h5,7,10,15,22,28H,6,8-9H2,1-4H3,(H2,25,26)(H,32,33)/b27-19-/t15-,22-/m1/s1. The first-order valence-electron chi connectivity index (χ1n) is 11.6. The summed E-state index contributed by atoms with van der Waals surface area (Å²) in [5.74, 6) is -2.58. The Morgan fingerprint density at radius 1 is 1.31 bits per heavy atom. The van der Waals surface area contributed by atoms with Crippen LogP contribution in [0.1, 0.15) is 28.8 Å². The van der Waals surface area contributed by atoms with Gasteiger partial charge in [0.15, 0.2) is 16.6 Å². The molecular weight excluding hydrogens is 566 g/mol. The number of thiazole rings is 1. The Kier molecular flexibility index (Phi) is 8.04. The minimum Gasteiger partial charge on any atom is -0.477 e. The van der Waals surface area contributed by atoms with E-state index in [4.69, 9.17) is 10.6 Å². The van der Waals surface area contributed by atoms with Crippen LogP contribution >= 0.6 is 23.1 Å². The number of hydrogen-bond acceptors (Lipinski definition) is 11. The number of nitrogens with zero attached hydrogens (tertiary/aromatic N) is 3. The van der Waals surface area contributed by atoms with Crippen LogP contribution in [0.25, 0.3) is 0 Å². The fourth-order valence-electron chi connectivity index (χ4n) is 4.61. The minimum absolute atomic E-state index is 0.0550. The van der Waals surface area contributed by atoms with E-state index in [2.05, 4.69) is 14.9 Å². The zero-order valence-electron chi connectivity index (χ0n) is 21.5. The number of thioether (sulfide) groups is 1. The second kappa shape index (κ2) is 11.0. The highest BCUT2D eigenvalue weighted by atomic mass is 32.2. The van der Waals surface area contributed by atoms with Crippen molar-refractivity contribution in [2.45, 2.75) is 32.1 Å². The number of nitrogens with one attached hydrogen (secondary N) is 1. The molecule has 15 heteroatoms. The van der Waals surface area contributed by atoms with Crippen molar-refractivity contribution in [2.75, 3.05) is 29.6 Å². The topological polar surface area (TPSA) is 181 Å². The molecule has 3 heterocycles. The van der Waals surface area contributed by atoms with Gasteiger partial charge in [-0.05, 0) is 48.6 Å². The van der Waals surface area contributed by atoms with Crippen molar-refractivity contribution >= 4 is 67.3 Å². The fourth-order valence-corrected chi connectivity index (χ4v) is 7.19. The van der Waals surface area contributed by atoms with Gasteiger partial charge in [-0.1, -0.05) is 11.2 Å². The number of β-lactam (4-membered cyclic amide) rings is 1. The third-order valence-corrected chi connectivity index (χ3v) is 9.02. The van der Waals surface area contributed by atoms with Gasteiger partial charge in [-0.25, -0.2) is 18.2 Å². The molecule has 0 saturated carbocycles. The molecule has 1 fully saturated rings. The number of anilines is 2. The number of aryl methyl sites for hydroxylation is 2. The van der Waals surface area contributed by atoms with Gasteiger partial charge in [-0.15, -0.1) is 23.1 Å².